The largest absolute Gasteiger partial charge is 0.396 e. The summed E-state index contributed by atoms with van der Waals surface area (Å²) in [5.41, 5.74) is 1.01. The van der Waals surface area contributed by atoms with Gasteiger partial charge in [0.15, 0.2) is 0 Å². The normalized spacial score (nSPS) is 10.2. The van der Waals surface area contributed by atoms with Crippen LogP contribution >= 0.6 is 27.5 Å². The molecule has 0 saturated carbocycles. The molecule has 78 valence electrons. The number of rotatable bonds is 5. The zero-order chi connectivity index (χ0) is 10.4. The summed E-state index contributed by atoms with van der Waals surface area (Å²) >= 11 is 9.26. The fraction of sp³-hybridized carbons (Fsp3) is 0.400. The van der Waals surface area contributed by atoms with Gasteiger partial charge in [-0.15, -0.1) is 0 Å². The van der Waals surface area contributed by atoms with Crippen molar-refractivity contribution in [2.75, 3.05) is 18.5 Å². The third kappa shape index (κ3) is 3.86. The first kappa shape index (κ1) is 11.8. The van der Waals surface area contributed by atoms with Gasteiger partial charge in [-0.1, -0.05) is 11.6 Å². The van der Waals surface area contributed by atoms with E-state index in [0.717, 1.165) is 29.5 Å². The number of aliphatic hydroxyl groups excluding tert-OH is 1. The number of unbranched alkanes of at least 4 members (excludes halogenated alkanes) is 1. The van der Waals surface area contributed by atoms with E-state index >= 15 is 0 Å². The molecule has 0 aliphatic carbocycles. The molecule has 1 aromatic rings. The van der Waals surface area contributed by atoms with Crippen LogP contribution in [0.4, 0.5) is 5.69 Å². The predicted molar refractivity (Wildman–Crippen MR) is 64.0 cm³/mol. The summed E-state index contributed by atoms with van der Waals surface area (Å²) in [4.78, 5) is 0. The van der Waals surface area contributed by atoms with Crippen LogP contribution in [-0.2, 0) is 0 Å². The highest BCUT2D eigenvalue weighted by Gasteiger charge is 1.97. The summed E-state index contributed by atoms with van der Waals surface area (Å²) in [7, 11) is 0. The van der Waals surface area contributed by atoms with Gasteiger partial charge >= 0.3 is 0 Å². The first-order valence-corrected chi connectivity index (χ1v) is 5.71. The first-order valence-electron chi connectivity index (χ1n) is 4.54. The van der Waals surface area contributed by atoms with Crippen LogP contribution in [-0.4, -0.2) is 18.3 Å². The third-order valence-electron chi connectivity index (χ3n) is 1.83. The molecule has 0 amide bonds. The van der Waals surface area contributed by atoms with Crippen LogP contribution in [0.1, 0.15) is 12.8 Å². The maximum atomic E-state index is 8.59. The van der Waals surface area contributed by atoms with Crippen LogP contribution in [0, 0.1) is 0 Å². The maximum Gasteiger partial charge on any atom is 0.0568 e. The van der Waals surface area contributed by atoms with Gasteiger partial charge in [0.05, 0.1) is 5.02 Å². The lowest BCUT2D eigenvalue weighted by molar-refractivity contribution is 0.286. The van der Waals surface area contributed by atoms with Gasteiger partial charge in [-0.25, -0.2) is 0 Å². The van der Waals surface area contributed by atoms with Gasteiger partial charge in [-0.2, -0.15) is 0 Å². The van der Waals surface area contributed by atoms with E-state index in [1.165, 1.54) is 0 Å². The monoisotopic (exact) mass is 277 g/mol. The number of halogens is 2. The topological polar surface area (TPSA) is 32.3 Å². The highest BCUT2D eigenvalue weighted by molar-refractivity contribution is 9.10. The summed E-state index contributed by atoms with van der Waals surface area (Å²) in [5, 5.41) is 12.5. The van der Waals surface area contributed by atoms with E-state index in [4.69, 9.17) is 16.7 Å². The summed E-state index contributed by atoms with van der Waals surface area (Å²) in [6.07, 6.45) is 1.79. The van der Waals surface area contributed by atoms with E-state index in [2.05, 4.69) is 21.2 Å². The molecular weight excluding hydrogens is 265 g/mol. The molecule has 0 aliphatic heterocycles. The summed E-state index contributed by atoms with van der Waals surface area (Å²) in [6, 6.07) is 5.76. The van der Waals surface area contributed by atoms with Crippen molar-refractivity contribution in [2.45, 2.75) is 12.8 Å². The van der Waals surface area contributed by atoms with Gasteiger partial charge in [0.1, 0.15) is 0 Å². The van der Waals surface area contributed by atoms with Crippen LogP contribution in [0.2, 0.25) is 5.02 Å². The van der Waals surface area contributed by atoms with Crippen LogP contribution in [0.5, 0.6) is 0 Å². The quantitative estimate of drug-likeness (QED) is 0.810. The second kappa shape index (κ2) is 6.27. The summed E-state index contributed by atoms with van der Waals surface area (Å²) < 4.78 is 0.903. The van der Waals surface area contributed by atoms with E-state index in [9.17, 15) is 0 Å². The molecule has 0 heterocycles. The average Bonchev–Trinajstić information content (AvgIpc) is 2.18. The molecule has 0 atom stereocenters. The lowest BCUT2D eigenvalue weighted by Gasteiger charge is -2.06. The van der Waals surface area contributed by atoms with E-state index < -0.39 is 0 Å². The molecular formula is C10H13BrClNO. The average molecular weight is 279 g/mol. The molecule has 0 bridgehead atoms. The number of anilines is 1. The molecule has 0 radical (unpaired) electrons. The lowest BCUT2D eigenvalue weighted by atomic mass is 10.3. The van der Waals surface area contributed by atoms with Gasteiger partial charge in [-0.05, 0) is 47.0 Å². The van der Waals surface area contributed by atoms with Crippen LogP contribution in [0.3, 0.4) is 0 Å². The minimum atomic E-state index is 0.253. The number of benzene rings is 1. The Hall–Kier alpha value is -0.250. The highest BCUT2D eigenvalue weighted by atomic mass is 79.9. The number of hydrogen-bond acceptors (Lipinski definition) is 2. The second-order valence-corrected chi connectivity index (χ2v) is 4.25. The fourth-order valence-electron chi connectivity index (χ4n) is 1.08. The van der Waals surface area contributed by atoms with Crippen molar-refractivity contribution in [3.05, 3.63) is 27.7 Å². The zero-order valence-electron chi connectivity index (χ0n) is 7.76. The molecule has 2 nitrogen and oxygen atoms in total. The first-order chi connectivity index (χ1) is 6.74. The molecule has 2 N–H and O–H groups in total. The van der Waals surface area contributed by atoms with Gasteiger partial charge < -0.3 is 10.4 Å². The Labute approximate surface area is 97.4 Å². The van der Waals surface area contributed by atoms with Gasteiger partial charge in [0.25, 0.3) is 0 Å². The molecule has 1 aromatic carbocycles. The van der Waals surface area contributed by atoms with E-state index in [0.29, 0.717) is 5.02 Å². The standard InChI is InChI=1S/C10H13BrClNO/c11-9-4-3-8(7-10(9)12)13-5-1-2-6-14/h3-4,7,13-14H,1-2,5-6H2. The molecule has 1 rings (SSSR count). The van der Waals surface area contributed by atoms with E-state index in [1.807, 2.05) is 18.2 Å². The Morgan fingerprint density at radius 3 is 2.79 bits per heavy atom. The Kier molecular flexibility index (Phi) is 5.30. The minimum Gasteiger partial charge on any atom is -0.396 e. The molecule has 0 saturated heterocycles. The van der Waals surface area contributed by atoms with Gasteiger partial charge in [0, 0.05) is 23.3 Å². The molecule has 0 unspecified atom stereocenters. The zero-order valence-corrected chi connectivity index (χ0v) is 10.1. The SMILES string of the molecule is OCCCCNc1ccc(Br)c(Cl)c1. The predicted octanol–water partition coefficient (Wildman–Crippen LogP) is 3.29. The number of aliphatic hydroxyl groups is 1. The Bertz CT molecular complexity index is 293. The van der Waals surface area contributed by atoms with Crippen molar-refractivity contribution in [2.24, 2.45) is 0 Å². The molecule has 4 heteroatoms. The Morgan fingerprint density at radius 2 is 2.14 bits per heavy atom. The highest BCUT2D eigenvalue weighted by Crippen LogP contribution is 2.25. The molecule has 0 fully saturated rings. The van der Waals surface area contributed by atoms with E-state index in [1.54, 1.807) is 0 Å². The number of hydrogen-bond donors (Lipinski definition) is 2. The second-order valence-electron chi connectivity index (χ2n) is 2.99. The van der Waals surface area contributed by atoms with Crippen LogP contribution in [0.25, 0.3) is 0 Å². The van der Waals surface area contributed by atoms with Crippen molar-refractivity contribution in [3.63, 3.8) is 0 Å². The Morgan fingerprint density at radius 1 is 1.36 bits per heavy atom. The van der Waals surface area contributed by atoms with Crippen LogP contribution < -0.4 is 5.32 Å². The smallest absolute Gasteiger partial charge is 0.0568 e. The van der Waals surface area contributed by atoms with Crippen molar-refractivity contribution in [1.29, 1.82) is 0 Å². The van der Waals surface area contributed by atoms with Gasteiger partial charge in [0.2, 0.25) is 0 Å². The van der Waals surface area contributed by atoms with Gasteiger partial charge in [-0.3, -0.25) is 0 Å². The van der Waals surface area contributed by atoms with Crippen LogP contribution in [0.15, 0.2) is 22.7 Å². The van der Waals surface area contributed by atoms with E-state index in [-0.39, 0.29) is 6.61 Å². The molecule has 0 aliphatic rings. The number of nitrogens with one attached hydrogen (secondary N) is 1. The maximum absolute atomic E-state index is 8.59. The molecule has 14 heavy (non-hydrogen) atoms. The summed E-state index contributed by atoms with van der Waals surface area (Å²) in [6.45, 7) is 1.11. The van der Waals surface area contributed by atoms with Crippen molar-refractivity contribution >= 4 is 33.2 Å². The lowest BCUT2D eigenvalue weighted by Crippen LogP contribution is -2.02. The fourth-order valence-corrected chi connectivity index (χ4v) is 1.50. The minimum absolute atomic E-state index is 0.253. The molecule has 0 aromatic heterocycles. The van der Waals surface area contributed by atoms with Crippen molar-refractivity contribution < 1.29 is 5.11 Å². The van der Waals surface area contributed by atoms with Crippen molar-refractivity contribution in [3.8, 4) is 0 Å². The molecule has 0 spiro atoms. The third-order valence-corrected chi connectivity index (χ3v) is 3.07. The summed E-state index contributed by atoms with van der Waals surface area (Å²) in [5.74, 6) is 0. The van der Waals surface area contributed by atoms with Crippen molar-refractivity contribution in [1.82, 2.24) is 0 Å². The Balaban J connectivity index is 2.39.